The van der Waals surface area contributed by atoms with E-state index >= 15 is 0 Å². The Balaban J connectivity index is 0.00000588. The fraction of sp³-hybridized carbons (Fsp3) is 0.300. The van der Waals surface area contributed by atoms with E-state index in [2.05, 4.69) is 19.9 Å². The third-order valence-corrected chi connectivity index (χ3v) is 6.01. The minimum Gasteiger partial charge on any atom is -0.870 e. The summed E-state index contributed by atoms with van der Waals surface area (Å²) in [5, 5.41) is 37.0. The SMILES string of the molecule is COc1cccc(C=NCCN(CCN=Cc2cccc(OC)c2[O-])CCN=Cc2cccc(OC)c2[O-])c1[O-].[Pr+3]. The van der Waals surface area contributed by atoms with E-state index < -0.39 is 0 Å². The number of rotatable bonds is 15. The van der Waals surface area contributed by atoms with Gasteiger partial charge in [0, 0.05) is 38.3 Å². The van der Waals surface area contributed by atoms with Gasteiger partial charge in [0.1, 0.15) is 17.2 Å². The van der Waals surface area contributed by atoms with Crippen molar-refractivity contribution >= 4 is 18.6 Å². The average molecular weight is 687 g/mol. The Labute approximate surface area is 274 Å². The molecule has 0 heterocycles. The predicted molar refractivity (Wildman–Crippen MR) is 151 cm³/mol. The Bertz CT molecular complexity index is 1170. The van der Waals surface area contributed by atoms with Crippen molar-refractivity contribution in [2.75, 3.05) is 60.6 Å². The Kier molecular flexibility index (Phi) is 15.2. The molecule has 0 amide bonds. The van der Waals surface area contributed by atoms with Crippen molar-refractivity contribution in [3.63, 3.8) is 0 Å². The molecule has 0 saturated carbocycles. The van der Waals surface area contributed by atoms with Crippen LogP contribution in [0.25, 0.3) is 0 Å². The number of hydrogen-bond donors (Lipinski definition) is 0. The second-order valence-corrected chi connectivity index (χ2v) is 8.58. The topological polar surface area (TPSA) is 137 Å². The van der Waals surface area contributed by atoms with E-state index in [0.29, 0.717) is 56.0 Å². The summed E-state index contributed by atoms with van der Waals surface area (Å²) in [4.78, 5) is 15.4. The molecule has 212 valence electrons. The van der Waals surface area contributed by atoms with E-state index in [1.54, 1.807) is 73.2 Å². The maximum absolute atomic E-state index is 12.3. The van der Waals surface area contributed by atoms with E-state index in [4.69, 9.17) is 14.2 Å². The molecule has 3 rings (SSSR count). The molecule has 0 spiro atoms. The van der Waals surface area contributed by atoms with Gasteiger partial charge in [0.15, 0.2) is 0 Å². The summed E-state index contributed by atoms with van der Waals surface area (Å²) in [5.41, 5.74) is 1.37. The molecule has 0 radical (unpaired) electrons. The Morgan fingerprint density at radius 2 is 0.854 bits per heavy atom. The van der Waals surface area contributed by atoms with Crippen LogP contribution in [0.2, 0.25) is 0 Å². The minimum absolute atomic E-state index is 0. The van der Waals surface area contributed by atoms with Gasteiger partial charge < -0.3 is 29.5 Å². The minimum atomic E-state index is -0.208. The summed E-state index contributed by atoms with van der Waals surface area (Å²) >= 11 is 0. The number of ether oxygens (including phenoxy) is 3. The molecule has 0 fully saturated rings. The van der Waals surface area contributed by atoms with Crippen molar-refractivity contribution in [2.45, 2.75) is 0 Å². The summed E-state index contributed by atoms with van der Waals surface area (Å²) in [6.45, 7) is 3.13. The third kappa shape index (κ3) is 10.3. The molecule has 0 saturated heterocycles. The first-order valence-corrected chi connectivity index (χ1v) is 12.7. The standard InChI is InChI=1S/C30H36N4O6.Pr/c1-38-25-10-4-7-22(28(25)35)19-31-13-16-34(17-14-32-20-23-8-5-11-26(39-2)29(23)36)18-15-33-21-24-9-6-12-27(40-3)30(24)37;/h4-12,19-21,35-37H,13-18H2,1-3H3;/q;+3/p-3. The average Bonchev–Trinajstić information content (AvgIpc) is 2.97. The van der Waals surface area contributed by atoms with Gasteiger partial charge in [-0.1, -0.05) is 53.6 Å². The van der Waals surface area contributed by atoms with Gasteiger partial charge in [0.05, 0.1) is 41.0 Å². The summed E-state index contributed by atoms with van der Waals surface area (Å²) in [7, 11) is 4.37. The van der Waals surface area contributed by atoms with Crippen LogP contribution in [0.1, 0.15) is 16.7 Å². The fourth-order valence-electron chi connectivity index (χ4n) is 3.81. The maximum atomic E-state index is 12.3. The number of methoxy groups -OCH3 is 3. The first-order valence-electron chi connectivity index (χ1n) is 12.7. The van der Waals surface area contributed by atoms with E-state index in [9.17, 15) is 15.3 Å². The van der Waals surface area contributed by atoms with Gasteiger partial charge in [0.25, 0.3) is 0 Å². The molecule has 11 heteroatoms. The van der Waals surface area contributed by atoms with Crippen LogP contribution in [-0.2, 0) is 0 Å². The van der Waals surface area contributed by atoms with E-state index in [1.165, 1.54) is 21.3 Å². The molecule has 10 nitrogen and oxygen atoms in total. The van der Waals surface area contributed by atoms with E-state index in [1.807, 2.05) is 0 Å². The Morgan fingerprint density at radius 1 is 0.561 bits per heavy atom. The van der Waals surface area contributed by atoms with Crippen LogP contribution < -0.4 is 29.5 Å². The van der Waals surface area contributed by atoms with Gasteiger partial charge in [-0.15, -0.1) is 0 Å². The van der Waals surface area contributed by atoms with Crippen LogP contribution in [0, 0.1) is 41.3 Å². The Morgan fingerprint density at radius 3 is 1.12 bits per heavy atom. The van der Waals surface area contributed by atoms with Crippen molar-refractivity contribution in [1.82, 2.24) is 4.90 Å². The van der Waals surface area contributed by atoms with Gasteiger partial charge in [-0.25, -0.2) is 0 Å². The van der Waals surface area contributed by atoms with Gasteiger partial charge in [0.2, 0.25) is 0 Å². The summed E-state index contributed by atoms with van der Waals surface area (Å²) in [6, 6.07) is 15.2. The third-order valence-electron chi connectivity index (χ3n) is 6.01. The van der Waals surface area contributed by atoms with E-state index in [0.717, 1.165) is 0 Å². The predicted octanol–water partition coefficient (Wildman–Crippen LogP) is 1.89. The zero-order chi connectivity index (χ0) is 28.7. The van der Waals surface area contributed by atoms with Gasteiger partial charge in [-0.05, 0) is 34.9 Å². The molecular weight excluding hydrogens is 653 g/mol. The smallest absolute Gasteiger partial charge is 0.870 e. The second-order valence-electron chi connectivity index (χ2n) is 8.58. The fourth-order valence-corrected chi connectivity index (χ4v) is 3.81. The van der Waals surface area contributed by atoms with Crippen LogP contribution in [0.5, 0.6) is 34.5 Å². The number of para-hydroxylation sites is 3. The molecule has 0 aliphatic rings. The van der Waals surface area contributed by atoms with Gasteiger partial charge in [-0.3, -0.25) is 19.9 Å². The first-order chi connectivity index (χ1) is 19.5. The zero-order valence-electron chi connectivity index (χ0n) is 23.5. The number of aliphatic imine (C=N–C) groups is 3. The van der Waals surface area contributed by atoms with Crippen LogP contribution in [0.15, 0.2) is 69.6 Å². The number of nitrogens with zero attached hydrogens (tertiary/aromatic N) is 4. The molecule has 0 aromatic heterocycles. The number of hydrogen-bond acceptors (Lipinski definition) is 10. The van der Waals surface area contributed by atoms with E-state index in [-0.39, 0.29) is 75.8 Å². The number of benzene rings is 3. The normalized spacial score (nSPS) is 11.4. The van der Waals surface area contributed by atoms with Crippen molar-refractivity contribution in [3.8, 4) is 34.5 Å². The molecule has 41 heavy (non-hydrogen) atoms. The molecule has 3 aromatic rings. The van der Waals surface area contributed by atoms with Gasteiger partial charge >= 0.3 is 41.3 Å². The molecule has 0 N–H and O–H groups in total. The zero-order valence-corrected chi connectivity index (χ0v) is 27.2. The first kappa shape index (κ1) is 34.0. The van der Waals surface area contributed by atoms with Crippen LogP contribution >= 0.6 is 0 Å². The quantitative estimate of drug-likeness (QED) is 0.223. The maximum Gasteiger partial charge on any atom is 3.00 e. The summed E-state index contributed by atoms with van der Waals surface area (Å²) in [5.74, 6) is 0.196. The van der Waals surface area contributed by atoms with Gasteiger partial charge in [-0.2, -0.15) is 0 Å². The van der Waals surface area contributed by atoms with Crippen molar-refractivity contribution < 1.29 is 70.8 Å². The van der Waals surface area contributed by atoms with Crippen molar-refractivity contribution in [3.05, 3.63) is 71.3 Å². The largest absolute Gasteiger partial charge is 3.00 e. The van der Waals surface area contributed by atoms with Crippen molar-refractivity contribution in [1.29, 1.82) is 0 Å². The molecule has 0 aliphatic heterocycles. The monoisotopic (exact) mass is 686 g/mol. The summed E-state index contributed by atoms with van der Waals surface area (Å²) in [6.07, 6.45) is 4.66. The van der Waals surface area contributed by atoms with Crippen LogP contribution in [-0.4, -0.2) is 84.1 Å². The van der Waals surface area contributed by atoms with Crippen LogP contribution in [0.3, 0.4) is 0 Å². The molecule has 0 atom stereocenters. The summed E-state index contributed by atoms with van der Waals surface area (Å²) < 4.78 is 15.2. The van der Waals surface area contributed by atoms with Crippen LogP contribution in [0.4, 0.5) is 0 Å². The second kappa shape index (κ2) is 18.3. The molecule has 0 aliphatic carbocycles. The molecule has 0 unspecified atom stereocenters. The molecular formula is C30H33N4O6Pr. The van der Waals surface area contributed by atoms with Crippen molar-refractivity contribution in [2.24, 2.45) is 15.0 Å². The Hall–Kier alpha value is -3.21. The molecule has 3 aromatic carbocycles. The molecule has 0 bridgehead atoms.